The number of methoxy groups -OCH3 is 1. The van der Waals surface area contributed by atoms with Crippen molar-refractivity contribution in [3.8, 4) is 6.07 Å². The molecule has 1 aromatic rings. The number of esters is 1. The van der Waals surface area contributed by atoms with Crippen LogP contribution in [0.3, 0.4) is 0 Å². The zero-order valence-electron chi connectivity index (χ0n) is 16.1. The van der Waals surface area contributed by atoms with Crippen LogP contribution in [-0.2, 0) is 9.53 Å². The Kier molecular flexibility index (Phi) is 9.38. The summed E-state index contributed by atoms with van der Waals surface area (Å²) in [4.78, 5) is 24.5. The number of hydrogen-bond donors (Lipinski definition) is 2. The van der Waals surface area contributed by atoms with Gasteiger partial charge in [-0.3, -0.25) is 4.79 Å². The van der Waals surface area contributed by atoms with Gasteiger partial charge in [0.15, 0.2) is 0 Å². The number of anilines is 1. The van der Waals surface area contributed by atoms with E-state index in [1.54, 1.807) is 19.9 Å². The van der Waals surface area contributed by atoms with E-state index in [-0.39, 0.29) is 17.5 Å². The molecule has 0 radical (unpaired) electrons. The predicted octanol–water partition coefficient (Wildman–Crippen LogP) is 3.54. The fourth-order valence-electron chi connectivity index (χ4n) is 2.66. The SMILES string of the molecule is CCCCCCCNC(C)C(=O)Nc1c(C)cc(C#N)cc1C(=O)OC. The molecule has 0 aliphatic rings. The lowest BCUT2D eigenvalue weighted by Gasteiger charge is -2.17. The molecule has 0 saturated carbocycles. The van der Waals surface area contributed by atoms with Crippen LogP contribution in [0.4, 0.5) is 5.69 Å². The number of hydrogen-bond acceptors (Lipinski definition) is 5. The molecule has 0 fully saturated rings. The summed E-state index contributed by atoms with van der Waals surface area (Å²) in [5, 5.41) is 15.1. The average molecular weight is 359 g/mol. The second-order valence-electron chi connectivity index (χ2n) is 6.40. The van der Waals surface area contributed by atoms with Crippen molar-refractivity contribution in [1.82, 2.24) is 5.32 Å². The van der Waals surface area contributed by atoms with E-state index in [2.05, 4.69) is 17.6 Å². The number of ether oxygens (including phenoxy) is 1. The van der Waals surface area contributed by atoms with Crippen LogP contribution >= 0.6 is 0 Å². The number of carbonyl (C=O) groups excluding carboxylic acids is 2. The van der Waals surface area contributed by atoms with Crippen molar-refractivity contribution in [3.05, 3.63) is 28.8 Å². The van der Waals surface area contributed by atoms with Crippen LogP contribution in [0.15, 0.2) is 12.1 Å². The molecule has 0 aliphatic carbocycles. The van der Waals surface area contributed by atoms with E-state index in [0.717, 1.165) is 19.4 Å². The Morgan fingerprint density at radius 2 is 1.92 bits per heavy atom. The van der Waals surface area contributed by atoms with Gasteiger partial charge >= 0.3 is 5.97 Å². The molecular weight excluding hydrogens is 330 g/mol. The van der Waals surface area contributed by atoms with Gasteiger partial charge in [0.1, 0.15) is 0 Å². The lowest BCUT2D eigenvalue weighted by atomic mass is 10.0. The van der Waals surface area contributed by atoms with E-state index in [1.807, 2.05) is 6.07 Å². The quantitative estimate of drug-likeness (QED) is 0.492. The summed E-state index contributed by atoms with van der Waals surface area (Å²) >= 11 is 0. The molecule has 0 heterocycles. The predicted molar refractivity (Wildman–Crippen MR) is 102 cm³/mol. The minimum Gasteiger partial charge on any atom is -0.465 e. The highest BCUT2D eigenvalue weighted by atomic mass is 16.5. The third-order valence-corrected chi connectivity index (χ3v) is 4.24. The summed E-state index contributed by atoms with van der Waals surface area (Å²) in [5.74, 6) is -0.812. The van der Waals surface area contributed by atoms with Crippen molar-refractivity contribution in [2.45, 2.75) is 58.9 Å². The molecule has 1 atom stereocenters. The molecule has 0 spiro atoms. The van der Waals surface area contributed by atoms with E-state index in [9.17, 15) is 9.59 Å². The van der Waals surface area contributed by atoms with Crippen LogP contribution in [0.1, 0.15) is 67.4 Å². The zero-order chi connectivity index (χ0) is 19.5. The van der Waals surface area contributed by atoms with Gasteiger partial charge in [-0.25, -0.2) is 4.79 Å². The third kappa shape index (κ3) is 6.49. The third-order valence-electron chi connectivity index (χ3n) is 4.24. The van der Waals surface area contributed by atoms with Crippen molar-refractivity contribution >= 4 is 17.6 Å². The first-order chi connectivity index (χ1) is 12.4. The summed E-state index contributed by atoms with van der Waals surface area (Å²) in [6.07, 6.45) is 5.84. The monoisotopic (exact) mass is 359 g/mol. The minimum absolute atomic E-state index is 0.184. The van der Waals surface area contributed by atoms with E-state index in [1.165, 1.54) is 32.4 Å². The fraction of sp³-hybridized carbons (Fsp3) is 0.550. The van der Waals surface area contributed by atoms with Crippen LogP contribution < -0.4 is 10.6 Å². The second kappa shape index (κ2) is 11.3. The second-order valence-corrected chi connectivity index (χ2v) is 6.40. The van der Waals surface area contributed by atoms with Gasteiger partial charge in [0.25, 0.3) is 0 Å². The fourth-order valence-corrected chi connectivity index (χ4v) is 2.66. The van der Waals surface area contributed by atoms with Gasteiger partial charge in [-0.1, -0.05) is 32.6 Å². The number of rotatable bonds is 10. The maximum atomic E-state index is 12.5. The van der Waals surface area contributed by atoms with Crippen LogP contribution in [0, 0.1) is 18.3 Å². The summed E-state index contributed by atoms with van der Waals surface area (Å²) < 4.78 is 4.77. The summed E-state index contributed by atoms with van der Waals surface area (Å²) in [6, 6.07) is 4.68. The Labute approximate surface area is 155 Å². The molecule has 6 nitrogen and oxygen atoms in total. The van der Waals surface area contributed by atoms with Crippen molar-refractivity contribution in [3.63, 3.8) is 0 Å². The molecule has 0 saturated heterocycles. The maximum absolute atomic E-state index is 12.5. The molecule has 0 aromatic heterocycles. The Bertz CT molecular complexity index is 665. The lowest BCUT2D eigenvalue weighted by molar-refractivity contribution is -0.117. The van der Waals surface area contributed by atoms with Gasteiger partial charge in [0.05, 0.1) is 36.0 Å². The lowest BCUT2D eigenvalue weighted by Crippen LogP contribution is -2.39. The summed E-state index contributed by atoms with van der Waals surface area (Å²) in [6.45, 7) is 6.49. The Morgan fingerprint density at radius 1 is 1.23 bits per heavy atom. The van der Waals surface area contributed by atoms with Crippen LogP contribution in [0.25, 0.3) is 0 Å². The van der Waals surface area contributed by atoms with Crippen molar-refractivity contribution in [2.24, 2.45) is 0 Å². The smallest absolute Gasteiger partial charge is 0.340 e. The number of nitrogens with zero attached hydrogens (tertiary/aromatic N) is 1. The minimum atomic E-state index is -0.586. The topological polar surface area (TPSA) is 91.2 Å². The van der Waals surface area contributed by atoms with Gasteiger partial charge in [0, 0.05) is 0 Å². The number of amides is 1. The Morgan fingerprint density at radius 3 is 2.54 bits per heavy atom. The maximum Gasteiger partial charge on any atom is 0.340 e. The molecule has 2 N–H and O–H groups in total. The van der Waals surface area contributed by atoms with E-state index in [0.29, 0.717) is 16.8 Å². The number of aryl methyl sites for hydroxylation is 1. The van der Waals surface area contributed by atoms with E-state index >= 15 is 0 Å². The normalized spacial score (nSPS) is 11.5. The van der Waals surface area contributed by atoms with Gasteiger partial charge in [0.2, 0.25) is 5.91 Å². The van der Waals surface area contributed by atoms with Crippen molar-refractivity contribution < 1.29 is 14.3 Å². The standard InChI is InChI=1S/C20H29N3O3/c1-5-6-7-8-9-10-22-15(3)19(24)23-18-14(2)11-16(13-21)12-17(18)20(25)26-4/h11-12,15,22H,5-10H2,1-4H3,(H,23,24). The Balaban J connectivity index is 2.73. The molecule has 0 aliphatic heterocycles. The molecule has 0 bridgehead atoms. The molecule has 6 heteroatoms. The van der Waals surface area contributed by atoms with E-state index < -0.39 is 5.97 Å². The number of carbonyl (C=O) groups is 2. The average Bonchev–Trinajstić information content (AvgIpc) is 2.64. The molecule has 1 aromatic carbocycles. The number of nitrogens with one attached hydrogen (secondary N) is 2. The number of nitriles is 1. The highest BCUT2D eigenvalue weighted by molar-refractivity contribution is 6.03. The first-order valence-corrected chi connectivity index (χ1v) is 9.11. The highest BCUT2D eigenvalue weighted by Gasteiger charge is 2.20. The highest BCUT2D eigenvalue weighted by Crippen LogP contribution is 2.24. The van der Waals surface area contributed by atoms with E-state index in [4.69, 9.17) is 10.00 Å². The van der Waals surface area contributed by atoms with Crippen molar-refractivity contribution in [2.75, 3.05) is 19.0 Å². The van der Waals surface area contributed by atoms with Gasteiger partial charge in [-0.2, -0.15) is 5.26 Å². The Hall–Kier alpha value is -2.39. The molecule has 1 rings (SSSR count). The summed E-state index contributed by atoms with van der Waals surface area (Å²) in [7, 11) is 1.27. The molecule has 142 valence electrons. The van der Waals surface area contributed by atoms with Crippen LogP contribution in [-0.4, -0.2) is 31.6 Å². The summed E-state index contributed by atoms with van der Waals surface area (Å²) in [5.41, 5.74) is 1.56. The largest absolute Gasteiger partial charge is 0.465 e. The van der Waals surface area contributed by atoms with Gasteiger partial charge in [-0.05, 0) is 44.5 Å². The van der Waals surface area contributed by atoms with Crippen LogP contribution in [0.5, 0.6) is 0 Å². The number of benzene rings is 1. The van der Waals surface area contributed by atoms with Gasteiger partial charge in [-0.15, -0.1) is 0 Å². The molecular formula is C20H29N3O3. The molecule has 1 amide bonds. The number of unbranched alkanes of at least 4 members (excludes halogenated alkanes) is 4. The zero-order valence-corrected chi connectivity index (χ0v) is 16.1. The molecule has 1 unspecified atom stereocenters. The van der Waals surface area contributed by atoms with Crippen molar-refractivity contribution in [1.29, 1.82) is 5.26 Å². The van der Waals surface area contributed by atoms with Gasteiger partial charge < -0.3 is 15.4 Å². The van der Waals surface area contributed by atoms with Crippen LogP contribution in [0.2, 0.25) is 0 Å². The first kappa shape index (κ1) is 21.7. The first-order valence-electron chi connectivity index (χ1n) is 9.11. The molecule has 26 heavy (non-hydrogen) atoms.